The molecule has 0 unspecified atom stereocenters. The predicted octanol–water partition coefficient (Wildman–Crippen LogP) is 1.19. The molecule has 88 valence electrons. The van der Waals surface area contributed by atoms with Crippen molar-refractivity contribution in [2.75, 3.05) is 7.11 Å². The number of carbonyl (C=O) groups is 2. The van der Waals surface area contributed by atoms with Crippen LogP contribution < -0.4 is 5.73 Å². The Morgan fingerprint density at radius 1 is 1.41 bits per heavy atom. The summed E-state index contributed by atoms with van der Waals surface area (Å²) in [6.07, 6.45) is 0. The van der Waals surface area contributed by atoms with Crippen LogP contribution in [-0.4, -0.2) is 24.0 Å². The molecule has 1 amide bonds. The SMILES string of the molecule is COC(=O)c1[nH]c2ccc(F)cc2c1C(N)=O. The maximum Gasteiger partial charge on any atom is 0.355 e. The summed E-state index contributed by atoms with van der Waals surface area (Å²) in [6.45, 7) is 0. The first kappa shape index (κ1) is 11.1. The van der Waals surface area contributed by atoms with Gasteiger partial charge < -0.3 is 15.5 Å². The van der Waals surface area contributed by atoms with E-state index in [4.69, 9.17) is 5.73 Å². The van der Waals surface area contributed by atoms with Crippen LogP contribution in [0.3, 0.4) is 0 Å². The molecule has 0 saturated heterocycles. The summed E-state index contributed by atoms with van der Waals surface area (Å²) in [5, 5.41) is 0.262. The van der Waals surface area contributed by atoms with Crippen molar-refractivity contribution >= 4 is 22.8 Å². The molecule has 0 saturated carbocycles. The van der Waals surface area contributed by atoms with Crippen molar-refractivity contribution < 1.29 is 18.7 Å². The average Bonchev–Trinajstić information content (AvgIpc) is 2.66. The van der Waals surface area contributed by atoms with Gasteiger partial charge in [0.1, 0.15) is 11.5 Å². The Balaban J connectivity index is 2.80. The number of primary amides is 1. The molecule has 0 aliphatic heterocycles. The van der Waals surface area contributed by atoms with Crippen LogP contribution in [0.15, 0.2) is 18.2 Å². The normalized spacial score (nSPS) is 10.5. The molecule has 0 radical (unpaired) electrons. The van der Waals surface area contributed by atoms with E-state index in [1.54, 1.807) is 0 Å². The minimum absolute atomic E-state index is 0.0636. The summed E-state index contributed by atoms with van der Waals surface area (Å²) < 4.78 is 17.6. The van der Waals surface area contributed by atoms with Gasteiger partial charge in [-0.2, -0.15) is 0 Å². The molecule has 2 aromatic rings. The van der Waals surface area contributed by atoms with Crippen molar-refractivity contribution in [1.82, 2.24) is 4.98 Å². The van der Waals surface area contributed by atoms with Crippen LogP contribution in [0, 0.1) is 5.82 Å². The van der Waals surface area contributed by atoms with Gasteiger partial charge in [0, 0.05) is 10.9 Å². The quantitative estimate of drug-likeness (QED) is 0.768. The highest BCUT2D eigenvalue weighted by Gasteiger charge is 2.22. The third-order valence-electron chi connectivity index (χ3n) is 2.40. The van der Waals surface area contributed by atoms with E-state index in [0.717, 1.165) is 6.07 Å². The highest BCUT2D eigenvalue weighted by atomic mass is 19.1. The molecule has 0 aliphatic carbocycles. The Labute approximate surface area is 95.4 Å². The van der Waals surface area contributed by atoms with Crippen molar-refractivity contribution in [2.45, 2.75) is 0 Å². The summed E-state index contributed by atoms with van der Waals surface area (Å²) in [5.41, 5.74) is 5.49. The number of amides is 1. The zero-order valence-corrected chi connectivity index (χ0v) is 8.91. The van der Waals surface area contributed by atoms with Crippen LogP contribution in [0.1, 0.15) is 20.8 Å². The molecule has 0 bridgehead atoms. The lowest BCUT2D eigenvalue weighted by Crippen LogP contribution is -2.16. The number of rotatable bonds is 2. The lowest BCUT2D eigenvalue weighted by Gasteiger charge is -1.98. The smallest absolute Gasteiger partial charge is 0.355 e. The number of fused-ring (bicyclic) bond motifs is 1. The largest absolute Gasteiger partial charge is 0.464 e. The van der Waals surface area contributed by atoms with Gasteiger partial charge in [-0.15, -0.1) is 0 Å². The van der Waals surface area contributed by atoms with Gasteiger partial charge >= 0.3 is 5.97 Å². The van der Waals surface area contributed by atoms with Crippen LogP contribution in [0.5, 0.6) is 0 Å². The maximum absolute atomic E-state index is 13.1. The van der Waals surface area contributed by atoms with E-state index >= 15 is 0 Å². The number of H-pyrrole nitrogens is 1. The van der Waals surface area contributed by atoms with Crippen LogP contribution in [0.25, 0.3) is 10.9 Å². The van der Waals surface area contributed by atoms with E-state index in [9.17, 15) is 14.0 Å². The molecule has 1 aromatic heterocycles. The van der Waals surface area contributed by atoms with E-state index < -0.39 is 17.7 Å². The van der Waals surface area contributed by atoms with Crippen molar-refractivity contribution in [3.63, 3.8) is 0 Å². The first-order valence-electron chi connectivity index (χ1n) is 4.74. The summed E-state index contributed by atoms with van der Waals surface area (Å²) in [5.74, 6) is -2.06. The number of benzene rings is 1. The Morgan fingerprint density at radius 3 is 2.71 bits per heavy atom. The van der Waals surface area contributed by atoms with Crippen molar-refractivity contribution in [2.24, 2.45) is 5.73 Å². The first-order valence-corrected chi connectivity index (χ1v) is 4.74. The van der Waals surface area contributed by atoms with Crippen LogP contribution in [-0.2, 0) is 4.74 Å². The zero-order chi connectivity index (χ0) is 12.6. The third-order valence-corrected chi connectivity index (χ3v) is 2.40. The Bertz CT molecular complexity index is 618. The molecular formula is C11H9FN2O3. The molecule has 0 atom stereocenters. The summed E-state index contributed by atoms with van der Waals surface area (Å²) in [7, 11) is 1.18. The average molecular weight is 236 g/mol. The number of nitrogens with two attached hydrogens (primary N) is 1. The zero-order valence-electron chi connectivity index (χ0n) is 8.91. The van der Waals surface area contributed by atoms with Crippen LogP contribution in [0.2, 0.25) is 0 Å². The summed E-state index contributed by atoms with van der Waals surface area (Å²) >= 11 is 0. The van der Waals surface area contributed by atoms with Gasteiger partial charge in [0.05, 0.1) is 12.7 Å². The standard InChI is InChI=1S/C11H9FN2O3/c1-17-11(16)9-8(10(13)15)6-4-5(12)2-3-7(6)14-9/h2-4,14H,1H3,(H2,13,15). The summed E-state index contributed by atoms with van der Waals surface area (Å²) in [4.78, 5) is 25.4. The van der Waals surface area contributed by atoms with E-state index in [0.29, 0.717) is 5.52 Å². The lowest BCUT2D eigenvalue weighted by molar-refractivity contribution is 0.0591. The number of esters is 1. The number of hydrogen-bond donors (Lipinski definition) is 2. The van der Waals surface area contributed by atoms with E-state index in [1.165, 1.54) is 19.2 Å². The molecule has 2 rings (SSSR count). The minimum atomic E-state index is -0.817. The number of aromatic amines is 1. The van der Waals surface area contributed by atoms with E-state index in [-0.39, 0.29) is 16.6 Å². The van der Waals surface area contributed by atoms with Crippen molar-refractivity contribution in [3.05, 3.63) is 35.3 Å². The Hall–Kier alpha value is -2.37. The topological polar surface area (TPSA) is 85.2 Å². The van der Waals surface area contributed by atoms with Gasteiger partial charge in [-0.25, -0.2) is 9.18 Å². The fourth-order valence-electron chi connectivity index (χ4n) is 1.68. The molecule has 1 heterocycles. The predicted molar refractivity (Wildman–Crippen MR) is 58.1 cm³/mol. The molecule has 0 fully saturated rings. The molecular weight excluding hydrogens is 227 g/mol. The number of hydrogen-bond acceptors (Lipinski definition) is 3. The third kappa shape index (κ3) is 1.73. The molecule has 0 aliphatic rings. The fourth-order valence-corrected chi connectivity index (χ4v) is 1.68. The highest BCUT2D eigenvalue weighted by Crippen LogP contribution is 2.23. The van der Waals surface area contributed by atoms with Gasteiger partial charge in [0.15, 0.2) is 0 Å². The van der Waals surface area contributed by atoms with Crippen molar-refractivity contribution in [3.8, 4) is 0 Å². The van der Waals surface area contributed by atoms with Gasteiger partial charge in [-0.1, -0.05) is 0 Å². The van der Waals surface area contributed by atoms with Gasteiger partial charge in [-0.05, 0) is 18.2 Å². The number of ether oxygens (including phenoxy) is 1. The lowest BCUT2D eigenvalue weighted by atomic mass is 10.1. The number of nitrogens with one attached hydrogen (secondary N) is 1. The second-order valence-corrected chi connectivity index (χ2v) is 3.42. The number of halogens is 1. The van der Waals surface area contributed by atoms with E-state index in [2.05, 4.69) is 9.72 Å². The minimum Gasteiger partial charge on any atom is -0.464 e. The monoisotopic (exact) mass is 236 g/mol. The Kier molecular flexibility index (Phi) is 2.55. The highest BCUT2D eigenvalue weighted by molar-refractivity contribution is 6.13. The van der Waals surface area contributed by atoms with Crippen LogP contribution in [0.4, 0.5) is 4.39 Å². The first-order chi connectivity index (χ1) is 8.04. The van der Waals surface area contributed by atoms with Gasteiger partial charge in [0.2, 0.25) is 0 Å². The van der Waals surface area contributed by atoms with Gasteiger partial charge in [-0.3, -0.25) is 4.79 Å². The second kappa shape index (κ2) is 3.89. The molecule has 0 spiro atoms. The molecule has 1 aromatic carbocycles. The number of carbonyl (C=O) groups excluding carboxylic acids is 2. The fraction of sp³-hybridized carbons (Fsp3) is 0.0909. The Morgan fingerprint density at radius 2 is 2.12 bits per heavy atom. The van der Waals surface area contributed by atoms with Crippen molar-refractivity contribution in [1.29, 1.82) is 0 Å². The molecule has 17 heavy (non-hydrogen) atoms. The number of aromatic nitrogens is 1. The molecule has 6 heteroatoms. The number of methoxy groups -OCH3 is 1. The molecule has 3 N–H and O–H groups in total. The molecule has 5 nitrogen and oxygen atoms in total. The van der Waals surface area contributed by atoms with Crippen LogP contribution >= 0.6 is 0 Å². The van der Waals surface area contributed by atoms with Gasteiger partial charge in [0.25, 0.3) is 5.91 Å². The van der Waals surface area contributed by atoms with E-state index in [1.807, 2.05) is 0 Å². The maximum atomic E-state index is 13.1. The summed E-state index contributed by atoms with van der Waals surface area (Å²) in [6, 6.07) is 3.77. The second-order valence-electron chi connectivity index (χ2n) is 3.42.